The van der Waals surface area contributed by atoms with Crippen LogP contribution in [-0.2, 0) is 9.59 Å². The number of rotatable bonds is 4. The Morgan fingerprint density at radius 3 is 2.86 bits per heavy atom. The van der Waals surface area contributed by atoms with Gasteiger partial charge in [0.15, 0.2) is 0 Å². The second kappa shape index (κ2) is 5.76. The predicted molar refractivity (Wildman–Crippen MR) is 77.9 cm³/mol. The molecule has 2 aliphatic rings. The third kappa shape index (κ3) is 2.73. The number of methoxy groups -OCH3 is 1. The molecule has 0 radical (unpaired) electrons. The van der Waals surface area contributed by atoms with E-state index in [4.69, 9.17) is 4.74 Å². The lowest BCUT2D eigenvalue weighted by Crippen LogP contribution is -2.49. The fourth-order valence-electron chi connectivity index (χ4n) is 3.01. The summed E-state index contributed by atoms with van der Waals surface area (Å²) in [6.07, 6.45) is 2.41. The SMILES string of the molecule is COc1cccc([C@H]2CCN2C(=O)CN2CCCC2=O)c1. The summed E-state index contributed by atoms with van der Waals surface area (Å²) in [4.78, 5) is 27.5. The van der Waals surface area contributed by atoms with Crippen molar-refractivity contribution >= 4 is 11.8 Å². The third-order valence-electron chi connectivity index (χ3n) is 4.32. The maximum atomic E-state index is 12.4. The van der Waals surface area contributed by atoms with Crippen molar-refractivity contribution in [2.24, 2.45) is 0 Å². The maximum absolute atomic E-state index is 12.4. The molecule has 0 bridgehead atoms. The number of benzene rings is 1. The van der Waals surface area contributed by atoms with E-state index in [1.54, 1.807) is 12.0 Å². The number of ether oxygens (including phenoxy) is 1. The predicted octanol–water partition coefficient (Wildman–Crippen LogP) is 1.59. The van der Waals surface area contributed by atoms with Crippen molar-refractivity contribution in [2.75, 3.05) is 26.7 Å². The standard InChI is InChI=1S/C16H20N2O3/c1-21-13-5-2-4-12(10-13)14-7-9-18(14)16(20)11-17-8-3-6-15(17)19/h2,4-5,10,14H,3,6-9,11H2,1H3/t14-/m1/s1. The summed E-state index contributed by atoms with van der Waals surface area (Å²) in [5.41, 5.74) is 1.10. The van der Waals surface area contributed by atoms with Crippen LogP contribution >= 0.6 is 0 Å². The van der Waals surface area contributed by atoms with E-state index in [2.05, 4.69) is 0 Å². The zero-order valence-corrected chi connectivity index (χ0v) is 12.2. The van der Waals surface area contributed by atoms with E-state index in [0.717, 1.165) is 30.7 Å². The van der Waals surface area contributed by atoms with Crippen LogP contribution in [0.5, 0.6) is 5.75 Å². The van der Waals surface area contributed by atoms with Crippen LogP contribution in [0.1, 0.15) is 30.9 Å². The van der Waals surface area contributed by atoms with E-state index in [-0.39, 0.29) is 24.4 Å². The number of carbonyl (C=O) groups excluding carboxylic acids is 2. The summed E-state index contributed by atoms with van der Waals surface area (Å²) in [5.74, 6) is 0.952. The number of hydrogen-bond acceptors (Lipinski definition) is 3. The number of likely N-dealkylation sites (tertiary alicyclic amines) is 2. The molecule has 0 saturated carbocycles. The smallest absolute Gasteiger partial charge is 0.242 e. The van der Waals surface area contributed by atoms with E-state index < -0.39 is 0 Å². The second-order valence-electron chi connectivity index (χ2n) is 5.59. The van der Waals surface area contributed by atoms with Gasteiger partial charge in [0.2, 0.25) is 11.8 Å². The molecule has 0 N–H and O–H groups in total. The van der Waals surface area contributed by atoms with Crippen LogP contribution in [0.3, 0.4) is 0 Å². The molecule has 2 heterocycles. The molecule has 1 atom stereocenters. The summed E-state index contributed by atoms with van der Waals surface area (Å²) >= 11 is 0. The van der Waals surface area contributed by atoms with Gasteiger partial charge in [0.25, 0.3) is 0 Å². The largest absolute Gasteiger partial charge is 0.497 e. The van der Waals surface area contributed by atoms with Crippen LogP contribution in [0, 0.1) is 0 Å². The Morgan fingerprint density at radius 1 is 1.38 bits per heavy atom. The minimum atomic E-state index is 0.0457. The molecular weight excluding hydrogens is 268 g/mol. The van der Waals surface area contributed by atoms with E-state index in [1.807, 2.05) is 29.2 Å². The van der Waals surface area contributed by atoms with Gasteiger partial charge in [-0.25, -0.2) is 0 Å². The molecule has 21 heavy (non-hydrogen) atoms. The van der Waals surface area contributed by atoms with E-state index >= 15 is 0 Å². The molecule has 1 aromatic rings. The zero-order chi connectivity index (χ0) is 14.8. The Bertz CT molecular complexity index is 558. The van der Waals surface area contributed by atoms with Gasteiger partial charge in [-0.2, -0.15) is 0 Å². The Balaban J connectivity index is 1.66. The first-order chi connectivity index (χ1) is 10.2. The van der Waals surface area contributed by atoms with Crippen molar-refractivity contribution < 1.29 is 14.3 Å². The first-order valence-electron chi connectivity index (χ1n) is 7.40. The lowest BCUT2D eigenvalue weighted by Gasteiger charge is -2.42. The van der Waals surface area contributed by atoms with Gasteiger partial charge in [-0.3, -0.25) is 9.59 Å². The van der Waals surface area contributed by atoms with Crippen molar-refractivity contribution in [3.05, 3.63) is 29.8 Å². The molecule has 2 amide bonds. The van der Waals surface area contributed by atoms with Crippen molar-refractivity contribution in [3.63, 3.8) is 0 Å². The van der Waals surface area contributed by atoms with E-state index in [0.29, 0.717) is 13.0 Å². The maximum Gasteiger partial charge on any atom is 0.242 e. The number of carbonyl (C=O) groups is 2. The summed E-state index contributed by atoms with van der Waals surface area (Å²) < 4.78 is 5.23. The number of amides is 2. The van der Waals surface area contributed by atoms with Gasteiger partial charge in [0, 0.05) is 19.5 Å². The minimum Gasteiger partial charge on any atom is -0.497 e. The fraction of sp³-hybridized carbons (Fsp3) is 0.500. The fourth-order valence-corrected chi connectivity index (χ4v) is 3.01. The van der Waals surface area contributed by atoms with Gasteiger partial charge < -0.3 is 14.5 Å². The normalized spacial score (nSPS) is 21.4. The summed E-state index contributed by atoms with van der Waals surface area (Å²) in [6.45, 7) is 1.70. The Labute approximate surface area is 124 Å². The highest BCUT2D eigenvalue weighted by Crippen LogP contribution is 2.34. The molecule has 0 aromatic heterocycles. The highest BCUT2D eigenvalue weighted by atomic mass is 16.5. The van der Waals surface area contributed by atoms with Crippen LogP contribution in [-0.4, -0.2) is 48.4 Å². The van der Waals surface area contributed by atoms with Gasteiger partial charge >= 0.3 is 0 Å². The van der Waals surface area contributed by atoms with Crippen LogP contribution in [0.15, 0.2) is 24.3 Å². The molecule has 2 saturated heterocycles. The molecule has 0 aliphatic carbocycles. The Kier molecular flexibility index (Phi) is 3.82. The summed E-state index contributed by atoms with van der Waals surface area (Å²) in [6, 6.07) is 7.96. The van der Waals surface area contributed by atoms with E-state index in [9.17, 15) is 9.59 Å². The van der Waals surface area contributed by atoms with Crippen molar-refractivity contribution in [2.45, 2.75) is 25.3 Å². The lowest BCUT2D eigenvalue weighted by molar-refractivity contribution is -0.144. The molecule has 0 spiro atoms. The average molecular weight is 288 g/mol. The third-order valence-corrected chi connectivity index (χ3v) is 4.32. The first-order valence-corrected chi connectivity index (χ1v) is 7.40. The van der Waals surface area contributed by atoms with Crippen molar-refractivity contribution in [3.8, 4) is 5.75 Å². The Morgan fingerprint density at radius 2 is 2.24 bits per heavy atom. The van der Waals surface area contributed by atoms with Gasteiger partial charge in [-0.15, -0.1) is 0 Å². The zero-order valence-electron chi connectivity index (χ0n) is 12.2. The Hall–Kier alpha value is -2.04. The van der Waals surface area contributed by atoms with Crippen LogP contribution in [0.25, 0.3) is 0 Å². The van der Waals surface area contributed by atoms with Crippen LogP contribution < -0.4 is 4.74 Å². The molecule has 5 heteroatoms. The van der Waals surface area contributed by atoms with Gasteiger partial charge in [0.1, 0.15) is 5.75 Å². The second-order valence-corrected chi connectivity index (χ2v) is 5.59. The molecular formula is C16H20N2O3. The summed E-state index contributed by atoms with van der Waals surface area (Å²) in [7, 11) is 1.64. The van der Waals surface area contributed by atoms with E-state index in [1.165, 1.54) is 0 Å². The number of nitrogens with zero attached hydrogens (tertiary/aromatic N) is 2. The molecule has 1 aromatic carbocycles. The highest BCUT2D eigenvalue weighted by molar-refractivity contribution is 5.86. The molecule has 2 aliphatic heterocycles. The van der Waals surface area contributed by atoms with Crippen molar-refractivity contribution in [1.29, 1.82) is 0 Å². The topological polar surface area (TPSA) is 49.9 Å². The average Bonchev–Trinajstić information content (AvgIpc) is 2.83. The first kappa shape index (κ1) is 13.9. The number of hydrogen-bond donors (Lipinski definition) is 0. The molecule has 2 fully saturated rings. The molecule has 0 unspecified atom stereocenters. The van der Waals surface area contributed by atoms with Crippen molar-refractivity contribution in [1.82, 2.24) is 9.80 Å². The molecule has 3 rings (SSSR count). The summed E-state index contributed by atoms with van der Waals surface area (Å²) in [5, 5.41) is 0. The van der Waals surface area contributed by atoms with Gasteiger partial charge in [0.05, 0.1) is 19.7 Å². The lowest BCUT2D eigenvalue weighted by atomic mass is 9.94. The molecule has 5 nitrogen and oxygen atoms in total. The highest BCUT2D eigenvalue weighted by Gasteiger charge is 2.35. The van der Waals surface area contributed by atoms with Crippen LogP contribution in [0.4, 0.5) is 0 Å². The van der Waals surface area contributed by atoms with Gasteiger partial charge in [-0.05, 0) is 30.5 Å². The quantitative estimate of drug-likeness (QED) is 0.845. The van der Waals surface area contributed by atoms with Gasteiger partial charge in [-0.1, -0.05) is 12.1 Å². The monoisotopic (exact) mass is 288 g/mol. The minimum absolute atomic E-state index is 0.0457. The molecule has 112 valence electrons. The van der Waals surface area contributed by atoms with Crippen LogP contribution in [0.2, 0.25) is 0 Å².